The maximum atomic E-state index is 11.9. The molecule has 0 fully saturated rings. The van der Waals surface area contributed by atoms with Crippen LogP contribution >= 0.6 is 0 Å². The molecule has 0 aliphatic heterocycles. The van der Waals surface area contributed by atoms with Crippen LogP contribution in [0.4, 0.5) is 13.2 Å². The lowest BCUT2D eigenvalue weighted by Crippen LogP contribution is -2.30. The van der Waals surface area contributed by atoms with E-state index in [1.54, 1.807) is 31.2 Å². The minimum absolute atomic E-state index is 0.394. The molecule has 1 aromatic rings. The molecular formula is C11H11F3N2. The molecule has 0 aliphatic carbocycles. The van der Waals surface area contributed by atoms with Gasteiger partial charge in [-0.3, -0.25) is 0 Å². The summed E-state index contributed by atoms with van der Waals surface area (Å²) in [5, 5.41) is 10.9. The van der Waals surface area contributed by atoms with Gasteiger partial charge in [0.05, 0.1) is 18.2 Å². The zero-order chi connectivity index (χ0) is 12.2. The van der Waals surface area contributed by atoms with E-state index in [2.05, 4.69) is 5.32 Å². The number of rotatable bonds is 3. The summed E-state index contributed by atoms with van der Waals surface area (Å²) in [5.41, 5.74) is 1.22. The van der Waals surface area contributed by atoms with Gasteiger partial charge in [-0.15, -0.1) is 0 Å². The number of halogens is 3. The van der Waals surface area contributed by atoms with Gasteiger partial charge in [-0.1, -0.05) is 12.1 Å². The van der Waals surface area contributed by atoms with Crippen LogP contribution in [0.2, 0.25) is 0 Å². The summed E-state index contributed by atoms with van der Waals surface area (Å²) in [7, 11) is 0. The van der Waals surface area contributed by atoms with Gasteiger partial charge in [0, 0.05) is 6.04 Å². The first-order valence-electron chi connectivity index (χ1n) is 4.72. The molecule has 0 aliphatic rings. The minimum Gasteiger partial charge on any atom is -0.302 e. The third-order valence-electron chi connectivity index (χ3n) is 2.15. The Hall–Kier alpha value is -1.54. The number of nitrogens with zero attached hydrogens (tertiary/aromatic N) is 1. The van der Waals surface area contributed by atoms with Crippen LogP contribution in [0.25, 0.3) is 0 Å². The van der Waals surface area contributed by atoms with Crippen molar-refractivity contribution in [2.75, 3.05) is 6.54 Å². The molecule has 1 aromatic carbocycles. The highest BCUT2D eigenvalue weighted by Gasteiger charge is 2.27. The maximum absolute atomic E-state index is 11.9. The second-order valence-electron chi connectivity index (χ2n) is 3.45. The zero-order valence-electron chi connectivity index (χ0n) is 8.67. The normalized spacial score (nSPS) is 13.2. The average Bonchev–Trinajstić information content (AvgIpc) is 2.25. The van der Waals surface area contributed by atoms with Crippen LogP contribution in [0.15, 0.2) is 24.3 Å². The van der Waals surface area contributed by atoms with E-state index in [1.807, 2.05) is 6.07 Å². The fourth-order valence-electron chi connectivity index (χ4n) is 1.23. The Kier molecular flexibility index (Phi) is 3.91. The topological polar surface area (TPSA) is 35.8 Å². The summed E-state index contributed by atoms with van der Waals surface area (Å²) in [6.07, 6.45) is -4.21. The lowest BCUT2D eigenvalue weighted by Gasteiger charge is -2.15. The van der Waals surface area contributed by atoms with E-state index >= 15 is 0 Å². The summed E-state index contributed by atoms with van der Waals surface area (Å²) in [6, 6.07) is 8.01. The molecule has 0 saturated heterocycles. The van der Waals surface area contributed by atoms with Crippen molar-refractivity contribution in [3.05, 3.63) is 35.4 Å². The fraction of sp³-hybridized carbons (Fsp3) is 0.364. The highest BCUT2D eigenvalue weighted by molar-refractivity contribution is 5.32. The Morgan fingerprint density at radius 1 is 1.31 bits per heavy atom. The lowest BCUT2D eigenvalue weighted by atomic mass is 10.1. The Labute approximate surface area is 91.7 Å². The molecule has 0 spiro atoms. The van der Waals surface area contributed by atoms with E-state index < -0.39 is 18.8 Å². The molecule has 0 aromatic heterocycles. The number of benzene rings is 1. The van der Waals surface area contributed by atoms with Gasteiger partial charge < -0.3 is 5.32 Å². The van der Waals surface area contributed by atoms with Crippen molar-refractivity contribution in [1.82, 2.24) is 5.32 Å². The molecule has 0 amide bonds. The van der Waals surface area contributed by atoms with Crippen LogP contribution in [0, 0.1) is 11.3 Å². The monoisotopic (exact) mass is 228 g/mol. The van der Waals surface area contributed by atoms with Crippen LogP contribution in [-0.4, -0.2) is 12.7 Å². The van der Waals surface area contributed by atoms with E-state index in [0.717, 1.165) is 5.56 Å². The van der Waals surface area contributed by atoms with Crippen LogP contribution in [0.3, 0.4) is 0 Å². The van der Waals surface area contributed by atoms with Gasteiger partial charge in [-0.25, -0.2) is 0 Å². The summed E-state index contributed by atoms with van der Waals surface area (Å²) in [5.74, 6) is 0. The van der Waals surface area contributed by atoms with Gasteiger partial charge in [-0.2, -0.15) is 18.4 Å². The molecule has 86 valence electrons. The number of nitrogens with one attached hydrogen (secondary N) is 1. The molecule has 0 saturated carbocycles. The Bertz CT molecular complexity index is 376. The molecule has 2 nitrogen and oxygen atoms in total. The van der Waals surface area contributed by atoms with Crippen LogP contribution in [0.5, 0.6) is 0 Å². The van der Waals surface area contributed by atoms with Gasteiger partial charge in [0.25, 0.3) is 0 Å². The quantitative estimate of drug-likeness (QED) is 0.863. The molecule has 1 unspecified atom stereocenters. The molecule has 0 heterocycles. The van der Waals surface area contributed by atoms with Gasteiger partial charge in [-0.05, 0) is 24.6 Å². The predicted octanol–water partition coefficient (Wildman–Crippen LogP) is 2.77. The molecule has 16 heavy (non-hydrogen) atoms. The average molecular weight is 228 g/mol. The molecule has 1 rings (SSSR count). The molecular weight excluding hydrogens is 217 g/mol. The third-order valence-corrected chi connectivity index (χ3v) is 2.15. The SMILES string of the molecule is CC(NCC(F)(F)F)c1ccc(C#N)cc1. The third kappa shape index (κ3) is 3.91. The number of nitriles is 1. The summed E-state index contributed by atoms with van der Waals surface area (Å²) >= 11 is 0. The predicted molar refractivity (Wildman–Crippen MR) is 53.6 cm³/mol. The van der Waals surface area contributed by atoms with Crippen molar-refractivity contribution in [1.29, 1.82) is 5.26 Å². The summed E-state index contributed by atoms with van der Waals surface area (Å²) in [6.45, 7) is 0.626. The van der Waals surface area contributed by atoms with Crippen LogP contribution in [0.1, 0.15) is 24.1 Å². The second kappa shape index (κ2) is 4.99. The van der Waals surface area contributed by atoms with Crippen molar-refractivity contribution in [2.24, 2.45) is 0 Å². The van der Waals surface area contributed by atoms with Crippen molar-refractivity contribution in [3.63, 3.8) is 0 Å². The molecule has 5 heteroatoms. The van der Waals surface area contributed by atoms with Crippen LogP contribution in [-0.2, 0) is 0 Å². The summed E-state index contributed by atoms with van der Waals surface area (Å²) < 4.78 is 35.8. The number of hydrogen-bond acceptors (Lipinski definition) is 2. The van der Waals surface area contributed by atoms with Crippen molar-refractivity contribution < 1.29 is 13.2 Å². The number of alkyl halides is 3. The van der Waals surface area contributed by atoms with Gasteiger partial charge >= 0.3 is 6.18 Å². The summed E-state index contributed by atoms with van der Waals surface area (Å²) in [4.78, 5) is 0. The van der Waals surface area contributed by atoms with Crippen LogP contribution < -0.4 is 5.32 Å². The Balaban J connectivity index is 2.60. The van der Waals surface area contributed by atoms with E-state index in [1.165, 1.54) is 0 Å². The van der Waals surface area contributed by atoms with Gasteiger partial charge in [0.15, 0.2) is 0 Å². The zero-order valence-corrected chi connectivity index (χ0v) is 8.67. The minimum atomic E-state index is -4.21. The smallest absolute Gasteiger partial charge is 0.302 e. The first-order chi connectivity index (χ1) is 7.42. The second-order valence-corrected chi connectivity index (χ2v) is 3.45. The molecule has 0 bridgehead atoms. The first kappa shape index (κ1) is 12.5. The Morgan fingerprint density at radius 2 is 1.88 bits per heavy atom. The van der Waals surface area contributed by atoms with E-state index in [0.29, 0.717) is 5.56 Å². The Morgan fingerprint density at radius 3 is 2.31 bits per heavy atom. The largest absolute Gasteiger partial charge is 0.401 e. The maximum Gasteiger partial charge on any atom is 0.401 e. The molecule has 1 N–H and O–H groups in total. The lowest BCUT2D eigenvalue weighted by molar-refractivity contribution is -0.126. The standard InChI is InChI=1S/C11H11F3N2/c1-8(16-7-11(12,13)14)10-4-2-9(6-15)3-5-10/h2-5,8,16H,7H2,1H3. The van der Waals surface area contributed by atoms with Crippen molar-refractivity contribution in [2.45, 2.75) is 19.1 Å². The fourth-order valence-corrected chi connectivity index (χ4v) is 1.23. The van der Waals surface area contributed by atoms with Crippen molar-refractivity contribution in [3.8, 4) is 6.07 Å². The van der Waals surface area contributed by atoms with Gasteiger partial charge in [0.2, 0.25) is 0 Å². The van der Waals surface area contributed by atoms with E-state index in [4.69, 9.17) is 5.26 Å². The van der Waals surface area contributed by atoms with E-state index in [-0.39, 0.29) is 0 Å². The highest BCUT2D eigenvalue weighted by Crippen LogP contribution is 2.17. The first-order valence-corrected chi connectivity index (χ1v) is 4.72. The molecule has 0 radical (unpaired) electrons. The van der Waals surface area contributed by atoms with Crippen molar-refractivity contribution >= 4 is 0 Å². The number of hydrogen-bond donors (Lipinski definition) is 1. The highest BCUT2D eigenvalue weighted by atomic mass is 19.4. The van der Waals surface area contributed by atoms with E-state index in [9.17, 15) is 13.2 Å². The van der Waals surface area contributed by atoms with Gasteiger partial charge in [0.1, 0.15) is 0 Å². The molecule has 1 atom stereocenters.